The predicted molar refractivity (Wildman–Crippen MR) is 114 cm³/mol. The standard InChI is InChI=1S/C12H27P.C3Cl6O3/c1-4-7-10-13(11-8-5-2)12-9-6-3;4-2(5,6)11-1(10)12-3(7,8)9/h4-12H2,1-3H3;. The van der Waals surface area contributed by atoms with Gasteiger partial charge in [-0.2, -0.15) is 0 Å². The van der Waals surface area contributed by atoms with Crippen molar-refractivity contribution in [3.05, 3.63) is 0 Å². The molecule has 10 heteroatoms. The first-order valence-electron chi connectivity index (χ1n) is 8.22. The minimum Gasteiger partial charge on any atom is -0.382 e. The molecule has 0 heterocycles. The molecule has 0 aromatic carbocycles. The van der Waals surface area contributed by atoms with Gasteiger partial charge in [-0.3, -0.25) is 0 Å². The second-order valence-electron chi connectivity index (χ2n) is 5.25. The van der Waals surface area contributed by atoms with E-state index >= 15 is 0 Å². The third-order valence-electron chi connectivity index (χ3n) is 2.88. The smallest absolute Gasteiger partial charge is 0.382 e. The van der Waals surface area contributed by atoms with Crippen molar-refractivity contribution in [2.24, 2.45) is 0 Å². The fourth-order valence-electron chi connectivity index (χ4n) is 1.69. The zero-order valence-electron chi connectivity index (χ0n) is 14.8. The predicted octanol–water partition coefficient (Wildman–Crippen LogP) is 8.66. The van der Waals surface area contributed by atoms with Crippen LogP contribution in [0.2, 0.25) is 0 Å². The van der Waals surface area contributed by atoms with Crippen molar-refractivity contribution in [1.29, 1.82) is 0 Å². The minimum absolute atomic E-state index is 0.422. The number of hydrogen-bond donors (Lipinski definition) is 0. The maximum atomic E-state index is 10.5. The Balaban J connectivity index is 0. The summed E-state index contributed by atoms with van der Waals surface area (Å²) in [5.41, 5.74) is 0. The lowest BCUT2D eigenvalue weighted by atomic mass is 10.4. The Morgan fingerprint density at radius 2 is 1.00 bits per heavy atom. The molecule has 0 rings (SSSR count). The fraction of sp³-hybridized carbons (Fsp3) is 0.933. The average molecular weight is 499 g/mol. The number of unbranched alkanes of at least 4 members (excludes halogenated alkanes) is 3. The van der Waals surface area contributed by atoms with E-state index in [1.165, 1.54) is 38.5 Å². The van der Waals surface area contributed by atoms with E-state index in [4.69, 9.17) is 69.6 Å². The third-order valence-corrected chi connectivity index (χ3v) is 6.19. The van der Waals surface area contributed by atoms with Crippen LogP contribution in [-0.4, -0.2) is 32.6 Å². The molecule has 0 aliphatic heterocycles. The monoisotopic (exact) mass is 496 g/mol. The van der Waals surface area contributed by atoms with Crippen molar-refractivity contribution in [3.63, 3.8) is 0 Å². The lowest BCUT2D eigenvalue weighted by molar-refractivity contribution is 0.0508. The summed E-state index contributed by atoms with van der Waals surface area (Å²) in [4.78, 5) is 10.5. The van der Waals surface area contributed by atoms with Gasteiger partial charge in [-0.1, -0.05) is 40.0 Å². The van der Waals surface area contributed by atoms with Crippen molar-refractivity contribution in [1.82, 2.24) is 0 Å². The van der Waals surface area contributed by atoms with Crippen LogP contribution in [0.15, 0.2) is 0 Å². The molecule has 0 unspecified atom stereocenters. The van der Waals surface area contributed by atoms with Gasteiger partial charge in [-0.05, 0) is 107 Å². The summed E-state index contributed by atoms with van der Waals surface area (Å²) >= 11 is 30.2. The highest BCUT2D eigenvalue weighted by atomic mass is 35.6. The molecule has 0 N–H and O–H groups in total. The molecule has 0 saturated heterocycles. The topological polar surface area (TPSA) is 35.5 Å². The van der Waals surface area contributed by atoms with Crippen LogP contribution in [0.4, 0.5) is 4.79 Å². The zero-order valence-corrected chi connectivity index (χ0v) is 20.2. The van der Waals surface area contributed by atoms with Gasteiger partial charge in [0.2, 0.25) is 0 Å². The van der Waals surface area contributed by atoms with Crippen LogP contribution < -0.4 is 0 Å². The Morgan fingerprint density at radius 3 is 1.20 bits per heavy atom. The van der Waals surface area contributed by atoms with Crippen LogP contribution in [0.25, 0.3) is 0 Å². The lowest BCUT2D eigenvalue weighted by Gasteiger charge is -2.16. The van der Waals surface area contributed by atoms with Crippen LogP contribution in [0.3, 0.4) is 0 Å². The molecule has 0 bridgehead atoms. The van der Waals surface area contributed by atoms with E-state index in [1.807, 2.05) is 0 Å². The first-order chi connectivity index (χ1) is 11.4. The summed E-state index contributed by atoms with van der Waals surface area (Å²) in [5.74, 6) is 0. The summed E-state index contributed by atoms with van der Waals surface area (Å²) < 4.78 is 3.50. The minimum atomic E-state index is -2.24. The molecule has 0 amide bonds. The van der Waals surface area contributed by atoms with Crippen LogP contribution in [-0.2, 0) is 9.47 Å². The van der Waals surface area contributed by atoms with Gasteiger partial charge in [0.1, 0.15) is 0 Å². The van der Waals surface area contributed by atoms with Crippen molar-refractivity contribution in [2.45, 2.75) is 67.3 Å². The maximum Gasteiger partial charge on any atom is 0.515 e. The molecule has 0 fully saturated rings. The normalized spacial score (nSPS) is 11.8. The second kappa shape index (κ2) is 16.4. The van der Waals surface area contributed by atoms with E-state index in [-0.39, 0.29) is 0 Å². The van der Waals surface area contributed by atoms with Gasteiger partial charge in [0.05, 0.1) is 0 Å². The van der Waals surface area contributed by atoms with Gasteiger partial charge < -0.3 is 9.47 Å². The molecule has 0 aromatic rings. The molecule has 0 aromatic heterocycles. The van der Waals surface area contributed by atoms with Crippen molar-refractivity contribution in [3.8, 4) is 0 Å². The molecule has 0 atom stereocenters. The Kier molecular flexibility index (Phi) is 18.8. The number of rotatable bonds is 9. The zero-order chi connectivity index (χ0) is 19.9. The Hall–Kier alpha value is 1.44. The first kappa shape index (κ1) is 28.6. The fourth-order valence-corrected chi connectivity index (χ4v) is 5.03. The van der Waals surface area contributed by atoms with Gasteiger partial charge >= 0.3 is 14.1 Å². The molecule has 3 nitrogen and oxygen atoms in total. The number of halogens is 6. The maximum absolute atomic E-state index is 10.5. The van der Waals surface area contributed by atoms with Crippen molar-refractivity contribution < 1.29 is 14.3 Å². The largest absolute Gasteiger partial charge is 0.515 e. The quantitative estimate of drug-likeness (QED) is 0.181. The van der Waals surface area contributed by atoms with Crippen LogP contribution in [0, 0.1) is 0 Å². The van der Waals surface area contributed by atoms with E-state index in [1.54, 1.807) is 18.5 Å². The van der Waals surface area contributed by atoms with Crippen molar-refractivity contribution >= 4 is 83.7 Å². The number of alkyl halides is 6. The van der Waals surface area contributed by atoms with Gasteiger partial charge in [-0.25, -0.2) is 4.79 Å². The van der Waals surface area contributed by atoms with Gasteiger partial charge in [0.15, 0.2) is 0 Å². The Labute approximate surface area is 183 Å². The first-order valence-corrected chi connectivity index (χ1v) is 12.4. The van der Waals surface area contributed by atoms with E-state index in [0.717, 1.165) is 0 Å². The molecular weight excluding hydrogens is 472 g/mol. The van der Waals surface area contributed by atoms with E-state index in [2.05, 4.69) is 30.2 Å². The third kappa shape index (κ3) is 25.4. The molecule has 25 heavy (non-hydrogen) atoms. The number of ether oxygens (including phenoxy) is 2. The van der Waals surface area contributed by atoms with E-state index < -0.39 is 14.1 Å². The lowest BCUT2D eigenvalue weighted by Crippen LogP contribution is -2.22. The summed E-state index contributed by atoms with van der Waals surface area (Å²) in [5, 5.41) is 0. The number of carbonyl (C=O) groups excluding carboxylic acids is 1. The molecule has 0 aliphatic carbocycles. The SMILES string of the molecule is CCCCP(CCCC)CCCC.O=C(OC(Cl)(Cl)Cl)OC(Cl)(Cl)Cl. The summed E-state index contributed by atoms with van der Waals surface area (Å²) in [7, 11) is 0.422. The number of carbonyl (C=O) groups is 1. The van der Waals surface area contributed by atoms with Gasteiger partial charge in [0.25, 0.3) is 0 Å². The number of hydrogen-bond acceptors (Lipinski definition) is 3. The Morgan fingerprint density at radius 1 is 0.720 bits per heavy atom. The van der Waals surface area contributed by atoms with Gasteiger partial charge in [0, 0.05) is 0 Å². The summed E-state index contributed by atoms with van der Waals surface area (Å²) in [6.45, 7) is 6.94. The summed E-state index contributed by atoms with van der Waals surface area (Å²) in [6, 6.07) is 0. The van der Waals surface area contributed by atoms with Crippen LogP contribution in [0.5, 0.6) is 0 Å². The molecule has 0 saturated carbocycles. The van der Waals surface area contributed by atoms with E-state index in [9.17, 15) is 4.79 Å². The van der Waals surface area contributed by atoms with Crippen LogP contribution >= 0.6 is 77.5 Å². The molecular formula is C15H27Cl6O3P. The highest BCUT2D eigenvalue weighted by Crippen LogP contribution is 2.38. The Bertz CT molecular complexity index is 297. The van der Waals surface area contributed by atoms with Gasteiger partial charge in [-0.15, -0.1) is 7.92 Å². The molecule has 0 spiro atoms. The van der Waals surface area contributed by atoms with Crippen molar-refractivity contribution in [2.75, 3.05) is 18.5 Å². The molecule has 152 valence electrons. The highest BCUT2D eigenvalue weighted by Gasteiger charge is 2.32. The van der Waals surface area contributed by atoms with Crippen LogP contribution in [0.1, 0.15) is 59.3 Å². The van der Waals surface area contributed by atoms with E-state index in [0.29, 0.717) is 7.92 Å². The summed E-state index contributed by atoms with van der Waals surface area (Å²) in [6.07, 6.45) is 11.8. The average Bonchev–Trinajstić information content (AvgIpc) is 2.43. The molecule has 0 aliphatic rings. The molecule has 0 radical (unpaired) electrons. The highest BCUT2D eigenvalue weighted by molar-refractivity contribution is 7.57. The second-order valence-corrected chi connectivity index (χ2v) is 12.3.